The summed E-state index contributed by atoms with van der Waals surface area (Å²) in [5.74, 6) is -0.941. The number of amides is 1. The summed E-state index contributed by atoms with van der Waals surface area (Å²) in [6.07, 6.45) is 0.146. The molecule has 4 aromatic rings. The maximum absolute atomic E-state index is 12.6. The zero-order valence-corrected chi connectivity index (χ0v) is 17.3. The highest BCUT2D eigenvalue weighted by Gasteiger charge is 2.22. The topological polar surface area (TPSA) is 88.5 Å². The second-order valence-electron chi connectivity index (χ2n) is 7.38. The van der Waals surface area contributed by atoms with Gasteiger partial charge in [0.25, 0.3) is 5.91 Å². The molecular formula is C26H22N2O4. The normalized spacial score (nSPS) is 11.6. The summed E-state index contributed by atoms with van der Waals surface area (Å²) in [4.78, 5) is 28.7. The zero-order chi connectivity index (χ0) is 22.3. The van der Waals surface area contributed by atoms with Crippen LogP contribution in [-0.2, 0) is 17.8 Å². The molecule has 0 saturated heterocycles. The number of carboxylic acids is 1. The van der Waals surface area contributed by atoms with Gasteiger partial charge in [-0.05, 0) is 35.4 Å². The number of aliphatic carboxylic acids is 1. The van der Waals surface area contributed by atoms with E-state index in [2.05, 4.69) is 10.3 Å². The number of fused-ring (bicyclic) bond motifs is 1. The molecule has 1 heterocycles. The molecule has 4 rings (SSSR count). The Labute approximate surface area is 185 Å². The molecule has 32 heavy (non-hydrogen) atoms. The van der Waals surface area contributed by atoms with Gasteiger partial charge in [0, 0.05) is 11.8 Å². The van der Waals surface area contributed by atoms with Gasteiger partial charge in [0.2, 0.25) is 0 Å². The van der Waals surface area contributed by atoms with E-state index in [1.165, 1.54) is 0 Å². The van der Waals surface area contributed by atoms with E-state index in [1.54, 1.807) is 36.4 Å². The monoisotopic (exact) mass is 426 g/mol. The first-order valence-electron chi connectivity index (χ1n) is 10.2. The predicted molar refractivity (Wildman–Crippen MR) is 122 cm³/mol. The maximum Gasteiger partial charge on any atom is 0.326 e. The standard InChI is InChI=1S/C26H22N2O4/c29-25(23-15-12-20-8-4-5-9-22(20)27-23)28-24(26(30)31)16-18-10-13-21(14-11-18)32-17-19-6-2-1-3-7-19/h1-15,24H,16-17H2,(H,28,29)(H,30,31)/t24-/m1/s1. The van der Waals surface area contributed by atoms with E-state index in [4.69, 9.17) is 4.74 Å². The van der Waals surface area contributed by atoms with Gasteiger partial charge in [-0.25, -0.2) is 9.78 Å². The van der Waals surface area contributed by atoms with Crippen LogP contribution in [0.15, 0.2) is 91.0 Å². The van der Waals surface area contributed by atoms with Crippen LogP contribution in [-0.4, -0.2) is 28.0 Å². The van der Waals surface area contributed by atoms with Gasteiger partial charge in [-0.3, -0.25) is 4.79 Å². The number of pyridine rings is 1. The lowest BCUT2D eigenvalue weighted by Crippen LogP contribution is -2.42. The van der Waals surface area contributed by atoms with Crippen molar-refractivity contribution in [3.8, 4) is 5.75 Å². The minimum Gasteiger partial charge on any atom is -0.489 e. The lowest BCUT2D eigenvalue weighted by molar-refractivity contribution is -0.139. The number of nitrogens with one attached hydrogen (secondary N) is 1. The van der Waals surface area contributed by atoms with E-state index in [0.717, 1.165) is 16.5 Å². The van der Waals surface area contributed by atoms with Crippen molar-refractivity contribution in [2.45, 2.75) is 19.1 Å². The van der Waals surface area contributed by atoms with Crippen LogP contribution < -0.4 is 10.1 Å². The van der Waals surface area contributed by atoms with Crippen molar-refractivity contribution in [3.63, 3.8) is 0 Å². The Balaban J connectivity index is 1.39. The van der Waals surface area contributed by atoms with Crippen LogP contribution in [0.25, 0.3) is 10.9 Å². The number of aromatic nitrogens is 1. The Bertz CT molecular complexity index is 1220. The summed E-state index contributed by atoms with van der Waals surface area (Å²) in [6.45, 7) is 0.451. The largest absolute Gasteiger partial charge is 0.489 e. The molecule has 0 aliphatic rings. The molecule has 6 nitrogen and oxygen atoms in total. The highest BCUT2D eigenvalue weighted by molar-refractivity contribution is 5.97. The van der Waals surface area contributed by atoms with Gasteiger partial charge in [0.15, 0.2) is 0 Å². The molecule has 6 heteroatoms. The molecule has 2 N–H and O–H groups in total. The quantitative estimate of drug-likeness (QED) is 0.440. The average molecular weight is 426 g/mol. The van der Waals surface area contributed by atoms with Crippen LogP contribution >= 0.6 is 0 Å². The minimum atomic E-state index is -1.11. The number of carboxylic acid groups (broad SMARTS) is 1. The van der Waals surface area contributed by atoms with Crippen molar-refractivity contribution in [2.24, 2.45) is 0 Å². The van der Waals surface area contributed by atoms with Crippen LogP contribution in [0, 0.1) is 0 Å². The van der Waals surface area contributed by atoms with E-state index in [1.807, 2.05) is 54.6 Å². The van der Waals surface area contributed by atoms with Gasteiger partial charge in [-0.2, -0.15) is 0 Å². The van der Waals surface area contributed by atoms with Crippen molar-refractivity contribution in [1.82, 2.24) is 10.3 Å². The SMILES string of the molecule is O=C(N[C@H](Cc1ccc(OCc2ccccc2)cc1)C(=O)O)c1ccc2ccccc2n1. The maximum atomic E-state index is 12.6. The van der Waals surface area contributed by atoms with Crippen molar-refractivity contribution in [2.75, 3.05) is 0 Å². The van der Waals surface area contributed by atoms with Gasteiger partial charge in [0.05, 0.1) is 5.52 Å². The molecule has 1 amide bonds. The molecule has 160 valence electrons. The third kappa shape index (κ3) is 5.29. The van der Waals surface area contributed by atoms with Crippen molar-refractivity contribution < 1.29 is 19.4 Å². The predicted octanol–water partition coefficient (Wildman–Crippen LogP) is 4.24. The molecule has 0 radical (unpaired) electrons. The van der Waals surface area contributed by atoms with Gasteiger partial charge >= 0.3 is 5.97 Å². The van der Waals surface area contributed by atoms with Crippen molar-refractivity contribution >= 4 is 22.8 Å². The number of carbonyl (C=O) groups is 2. The highest BCUT2D eigenvalue weighted by atomic mass is 16.5. The summed E-state index contributed by atoms with van der Waals surface area (Å²) >= 11 is 0. The van der Waals surface area contributed by atoms with Crippen molar-refractivity contribution in [3.05, 3.63) is 108 Å². The van der Waals surface area contributed by atoms with Gasteiger partial charge < -0.3 is 15.2 Å². The fourth-order valence-electron chi connectivity index (χ4n) is 3.32. The number of rotatable bonds is 8. The Morgan fingerprint density at radius 2 is 1.56 bits per heavy atom. The number of hydrogen-bond donors (Lipinski definition) is 2. The fourth-order valence-corrected chi connectivity index (χ4v) is 3.32. The Morgan fingerprint density at radius 1 is 0.844 bits per heavy atom. The third-order valence-electron chi connectivity index (χ3n) is 5.05. The highest BCUT2D eigenvalue weighted by Crippen LogP contribution is 2.16. The first-order chi connectivity index (χ1) is 15.6. The number of para-hydroxylation sites is 1. The van der Waals surface area contributed by atoms with Crippen molar-refractivity contribution in [1.29, 1.82) is 0 Å². The first kappa shape index (κ1) is 21.1. The van der Waals surface area contributed by atoms with E-state index in [-0.39, 0.29) is 12.1 Å². The Hall–Kier alpha value is -4.19. The summed E-state index contributed by atoms with van der Waals surface area (Å²) in [5.41, 5.74) is 2.70. The number of benzene rings is 3. The molecular weight excluding hydrogens is 404 g/mol. The average Bonchev–Trinajstić information content (AvgIpc) is 2.83. The van der Waals surface area contributed by atoms with Crippen LogP contribution in [0.4, 0.5) is 0 Å². The molecule has 0 aliphatic carbocycles. The van der Waals surface area contributed by atoms with E-state index in [0.29, 0.717) is 17.9 Å². The number of carbonyl (C=O) groups excluding carboxylic acids is 1. The molecule has 0 aliphatic heterocycles. The van der Waals surface area contributed by atoms with Crippen LogP contribution in [0.2, 0.25) is 0 Å². The summed E-state index contributed by atoms with van der Waals surface area (Å²) < 4.78 is 5.76. The third-order valence-corrected chi connectivity index (χ3v) is 5.05. The van der Waals surface area contributed by atoms with Gasteiger partial charge in [-0.1, -0.05) is 66.7 Å². The van der Waals surface area contributed by atoms with Crippen LogP contribution in [0.3, 0.4) is 0 Å². The number of nitrogens with zero attached hydrogens (tertiary/aromatic N) is 1. The zero-order valence-electron chi connectivity index (χ0n) is 17.3. The molecule has 0 spiro atoms. The Morgan fingerprint density at radius 3 is 2.31 bits per heavy atom. The fraction of sp³-hybridized carbons (Fsp3) is 0.115. The second kappa shape index (κ2) is 9.75. The number of ether oxygens (including phenoxy) is 1. The van der Waals surface area contributed by atoms with E-state index in [9.17, 15) is 14.7 Å². The summed E-state index contributed by atoms with van der Waals surface area (Å²) in [6, 6.07) is 26.8. The second-order valence-corrected chi connectivity index (χ2v) is 7.38. The summed E-state index contributed by atoms with van der Waals surface area (Å²) in [5, 5.41) is 13.1. The van der Waals surface area contributed by atoms with Gasteiger partial charge in [0.1, 0.15) is 24.1 Å². The Kier molecular flexibility index (Phi) is 6.41. The lowest BCUT2D eigenvalue weighted by atomic mass is 10.1. The van der Waals surface area contributed by atoms with Crippen LogP contribution in [0.5, 0.6) is 5.75 Å². The van der Waals surface area contributed by atoms with E-state index >= 15 is 0 Å². The smallest absolute Gasteiger partial charge is 0.326 e. The summed E-state index contributed by atoms with van der Waals surface area (Å²) in [7, 11) is 0. The molecule has 0 saturated carbocycles. The van der Waals surface area contributed by atoms with E-state index < -0.39 is 17.9 Å². The molecule has 1 aromatic heterocycles. The lowest BCUT2D eigenvalue weighted by Gasteiger charge is -2.15. The molecule has 0 unspecified atom stereocenters. The molecule has 0 bridgehead atoms. The van der Waals surface area contributed by atoms with Gasteiger partial charge in [-0.15, -0.1) is 0 Å². The molecule has 0 fully saturated rings. The molecule has 1 atom stereocenters. The van der Waals surface area contributed by atoms with Crippen LogP contribution in [0.1, 0.15) is 21.6 Å². The first-order valence-corrected chi connectivity index (χ1v) is 10.2. The molecule has 3 aromatic carbocycles. The minimum absolute atomic E-state index is 0.146. The number of hydrogen-bond acceptors (Lipinski definition) is 4.